The van der Waals surface area contributed by atoms with Gasteiger partial charge >= 0.3 is 24.0 Å². The molecule has 0 saturated heterocycles. The molecule has 0 bridgehead atoms. The number of carbonyl (C=O) groups is 4. The van der Waals surface area contributed by atoms with Crippen LogP contribution in [0.15, 0.2) is 41.2 Å². The monoisotopic (exact) mass is 619 g/mol. The smallest absolute Gasteiger partial charge is 0.408 e. The minimum absolute atomic E-state index is 0.100. The van der Waals surface area contributed by atoms with Gasteiger partial charge in [-0.1, -0.05) is 25.1 Å². The van der Waals surface area contributed by atoms with Crippen molar-refractivity contribution in [3.8, 4) is 11.4 Å². The molecule has 0 unspecified atom stereocenters. The minimum Gasteiger partial charge on any atom is -0.460 e. The predicted octanol–water partition coefficient (Wildman–Crippen LogP) is 4.26. The number of fused-ring (bicyclic) bond motifs is 5. The number of aromatic nitrogens is 2. The summed E-state index contributed by atoms with van der Waals surface area (Å²) in [5.41, 5.74) is -1.26. The lowest BCUT2D eigenvalue weighted by Gasteiger charge is -2.36. The zero-order chi connectivity index (χ0) is 32.9. The average molecular weight is 620 g/mol. The predicted molar refractivity (Wildman–Crippen MR) is 162 cm³/mol. The maximum Gasteiger partial charge on any atom is 0.408 e. The first-order valence-corrected chi connectivity index (χ1v) is 14.8. The Morgan fingerprint density at radius 1 is 1.04 bits per heavy atom. The fourth-order valence-electron chi connectivity index (χ4n) is 5.52. The van der Waals surface area contributed by atoms with Gasteiger partial charge in [-0.05, 0) is 66.2 Å². The van der Waals surface area contributed by atoms with Crippen molar-refractivity contribution in [3.05, 3.63) is 63.4 Å². The van der Waals surface area contributed by atoms with Crippen molar-refractivity contribution in [2.45, 2.75) is 97.3 Å². The Kier molecular flexibility index (Phi) is 7.97. The number of esters is 3. The van der Waals surface area contributed by atoms with Gasteiger partial charge < -0.3 is 28.8 Å². The van der Waals surface area contributed by atoms with Gasteiger partial charge in [0, 0.05) is 16.5 Å². The highest BCUT2D eigenvalue weighted by molar-refractivity contribution is 5.91. The average Bonchev–Trinajstić information content (AvgIpc) is 3.28. The molecular weight excluding hydrogens is 582 g/mol. The molecule has 238 valence electrons. The maximum atomic E-state index is 13.8. The summed E-state index contributed by atoms with van der Waals surface area (Å²) in [6, 6.07) is 9.62. The van der Waals surface area contributed by atoms with Gasteiger partial charge in [0.1, 0.15) is 23.9 Å². The van der Waals surface area contributed by atoms with Crippen LogP contribution in [0.1, 0.15) is 78.0 Å². The quantitative estimate of drug-likeness (QED) is 0.245. The van der Waals surface area contributed by atoms with Gasteiger partial charge in [0.15, 0.2) is 0 Å². The third-order valence-corrected chi connectivity index (χ3v) is 7.43. The Balaban J connectivity index is 1.55. The van der Waals surface area contributed by atoms with Gasteiger partial charge in [0.05, 0.1) is 35.4 Å². The molecule has 1 aromatic carbocycles. The Morgan fingerprint density at radius 2 is 1.73 bits per heavy atom. The number of ether oxygens (including phenoxy) is 4. The van der Waals surface area contributed by atoms with Crippen LogP contribution in [0.5, 0.6) is 0 Å². The summed E-state index contributed by atoms with van der Waals surface area (Å²) in [5, 5.41) is 3.30. The van der Waals surface area contributed by atoms with Crippen molar-refractivity contribution in [2.24, 2.45) is 0 Å². The van der Waals surface area contributed by atoms with E-state index in [1.54, 1.807) is 59.1 Å². The molecule has 0 aliphatic carbocycles. The molecule has 2 atom stereocenters. The molecule has 1 N–H and O–H groups in total. The number of para-hydroxylation sites is 1. The number of hydrogen-bond donors (Lipinski definition) is 1. The lowest BCUT2D eigenvalue weighted by molar-refractivity contribution is -0.191. The van der Waals surface area contributed by atoms with Crippen molar-refractivity contribution < 1.29 is 38.1 Å². The van der Waals surface area contributed by atoms with E-state index in [1.807, 2.05) is 30.3 Å². The third kappa shape index (κ3) is 6.27. The van der Waals surface area contributed by atoms with Crippen molar-refractivity contribution in [2.75, 3.05) is 0 Å². The summed E-state index contributed by atoms with van der Waals surface area (Å²) >= 11 is 0. The molecule has 0 spiro atoms. The molecule has 0 saturated carbocycles. The molecule has 3 aromatic rings. The van der Waals surface area contributed by atoms with Crippen LogP contribution < -0.4 is 10.9 Å². The largest absolute Gasteiger partial charge is 0.460 e. The fourth-order valence-corrected chi connectivity index (χ4v) is 5.52. The Morgan fingerprint density at radius 3 is 2.40 bits per heavy atom. The Bertz CT molecular complexity index is 1750. The van der Waals surface area contributed by atoms with Crippen molar-refractivity contribution in [1.82, 2.24) is 14.9 Å². The van der Waals surface area contributed by atoms with E-state index in [4.69, 9.17) is 23.9 Å². The Hall–Kier alpha value is -4.74. The molecule has 1 amide bonds. The number of nitrogens with one attached hydrogen (secondary N) is 1. The third-order valence-electron chi connectivity index (χ3n) is 7.43. The first-order chi connectivity index (χ1) is 21.0. The normalized spacial score (nSPS) is 17.8. The summed E-state index contributed by atoms with van der Waals surface area (Å²) in [6.45, 7) is 11.5. The van der Waals surface area contributed by atoms with Crippen LogP contribution in [0.3, 0.4) is 0 Å². The number of alkyl carbamates (subject to hydrolysis) is 1. The number of carbonyl (C=O) groups excluding carboxylic acids is 4. The van der Waals surface area contributed by atoms with Crippen LogP contribution in [0.25, 0.3) is 22.3 Å². The van der Waals surface area contributed by atoms with Crippen molar-refractivity contribution in [3.63, 3.8) is 0 Å². The molecule has 12 heteroatoms. The van der Waals surface area contributed by atoms with E-state index in [9.17, 15) is 24.0 Å². The minimum atomic E-state index is -2.04. The van der Waals surface area contributed by atoms with E-state index in [0.29, 0.717) is 11.4 Å². The Labute approximate surface area is 260 Å². The number of amides is 1. The summed E-state index contributed by atoms with van der Waals surface area (Å²) in [7, 11) is 0. The molecule has 4 heterocycles. The van der Waals surface area contributed by atoms with Gasteiger partial charge in [-0.3, -0.25) is 9.59 Å². The van der Waals surface area contributed by atoms with Crippen LogP contribution in [0.2, 0.25) is 0 Å². The highest BCUT2D eigenvalue weighted by Crippen LogP contribution is 2.41. The molecule has 2 aromatic heterocycles. The van der Waals surface area contributed by atoms with E-state index in [0.717, 1.165) is 16.5 Å². The number of nitrogens with zero attached hydrogens (tertiary/aromatic N) is 2. The summed E-state index contributed by atoms with van der Waals surface area (Å²) in [5.74, 6) is -2.78. The van der Waals surface area contributed by atoms with Gasteiger partial charge in [-0.2, -0.15) is 0 Å². The molecule has 0 radical (unpaired) electrons. The lowest BCUT2D eigenvalue weighted by atomic mass is 9.85. The molecule has 5 rings (SSSR count). The lowest BCUT2D eigenvalue weighted by Crippen LogP contribution is -2.52. The standard InChI is InChI=1S/C33H37N3O9/c1-8-33(44-28(39)23(15-25(37)43-31(2,3)4)35-30(41)45-32(5,6)7)21-14-24-26-19(13-18-11-9-10-12-22(18)34-26)16-36(24)27(38)20(21)17-42-29(33)40/h9-14,23H,8,15-17H2,1-7H3,(H,35,41)/t23-,33+/m1/s1. The summed E-state index contributed by atoms with van der Waals surface area (Å²) < 4.78 is 23.5. The molecule has 12 nitrogen and oxygen atoms in total. The van der Waals surface area contributed by atoms with Crippen LogP contribution in [0, 0.1) is 0 Å². The highest BCUT2D eigenvalue weighted by atomic mass is 16.6. The van der Waals surface area contributed by atoms with Gasteiger partial charge in [-0.15, -0.1) is 0 Å². The summed E-state index contributed by atoms with van der Waals surface area (Å²) in [6.07, 6.45) is -1.68. The summed E-state index contributed by atoms with van der Waals surface area (Å²) in [4.78, 5) is 71.4. The first kappa shape index (κ1) is 31.7. The van der Waals surface area contributed by atoms with Crippen LogP contribution in [-0.2, 0) is 52.1 Å². The van der Waals surface area contributed by atoms with Crippen LogP contribution in [-0.4, -0.2) is 50.8 Å². The topological polar surface area (TPSA) is 152 Å². The number of rotatable bonds is 6. The first-order valence-electron chi connectivity index (χ1n) is 14.8. The van der Waals surface area contributed by atoms with Crippen LogP contribution >= 0.6 is 0 Å². The molecule has 2 aliphatic heterocycles. The number of hydrogen-bond acceptors (Lipinski definition) is 10. The fraction of sp³-hybridized carbons (Fsp3) is 0.455. The van der Waals surface area contributed by atoms with E-state index < -0.39 is 58.8 Å². The van der Waals surface area contributed by atoms with E-state index in [-0.39, 0.29) is 30.7 Å². The second-order valence-corrected chi connectivity index (χ2v) is 13.2. The number of cyclic esters (lactones) is 1. The van der Waals surface area contributed by atoms with E-state index in [1.165, 1.54) is 0 Å². The second kappa shape index (κ2) is 11.3. The highest BCUT2D eigenvalue weighted by Gasteiger charge is 2.51. The van der Waals surface area contributed by atoms with Gasteiger partial charge in [-0.25, -0.2) is 19.4 Å². The van der Waals surface area contributed by atoms with Crippen LogP contribution in [0.4, 0.5) is 4.79 Å². The number of pyridine rings is 2. The second-order valence-electron chi connectivity index (χ2n) is 13.2. The zero-order valence-electron chi connectivity index (χ0n) is 26.4. The molecule has 2 aliphatic rings. The van der Waals surface area contributed by atoms with E-state index >= 15 is 0 Å². The SMILES string of the molecule is CC[C@@]1(OC(=O)[C@@H](CC(=O)OC(C)(C)C)NC(=O)OC(C)(C)C)C(=O)OCc2c1cc1n(c2=O)Cc2cc3ccccc3nc2-1. The van der Waals surface area contributed by atoms with Gasteiger partial charge in [0.25, 0.3) is 5.56 Å². The van der Waals surface area contributed by atoms with E-state index in [2.05, 4.69) is 5.32 Å². The molecule has 0 fully saturated rings. The van der Waals surface area contributed by atoms with Crippen molar-refractivity contribution in [1.29, 1.82) is 0 Å². The molecule has 45 heavy (non-hydrogen) atoms. The van der Waals surface area contributed by atoms with Gasteiger partial charge in [0.2, 0.25) is 5.60 Å². The van der Waals surface area contributed by atoms with Crippen molar-refractivity contribution >= 4 is 34.9 Å². The maximum absolute atomic E-state index is 13.8. The number of benzene rings is 1. The zero-order valence-corrected chi connectivity index (χ0v) is 26.4. The molecular formula is C33H37N3O9.